The van der Waals surface area contributed by atoms with E-state index in [0.29, 0.717) is 0 Å². The Kier molecular flexibility index (Phi) is 6.38. The summed E-state index contributed by atoms with van der Waals surface area (Å²) in [6.07, 6.45) is 0.931. The average Bonchev–Trinajstić information content (AvgIpc) is 2.51. The van der Waals surface area contributed by atoms with E-state index in [1.54, 1.807) is 0 Å². The van der Waals surface area contributed by atoms with Crippen molar-refractivity contribution in [2.24, 2.45) is 0 Å². The van der Waals surface area contributed by atoms with Crippen molar-refractivity contribution in [2.45, 2.75) is 24.3 Å². The van der Waals surface area contributed by atoms with Gasteiger partial charge in [-0.2, -0.15) is 5.26 Å². The highest BCUT2D eigenvalue weighted by molar-refractivity contribution is 7.99. The lowest BCUT2D eigenvalue weighted by atomic mass is 10.2. The maximum atomic E-state index is 9.10. The average molecular weight is 289 g/mol. The Balaban J connectivity index is 1.66. The number of benzene rings is 1. The summed E-state index contributed by atoms with van der Waals surface area (Å²) in [7, 11) is 0. The second kappa shape index (κ2) is 8.31. The molecule has 0 N–H and O–H groups in total. The van der Waals surface area contributed by atoms with Gasteiger partial charge in [0.2, 0.25) is 0 Å². The lowest BCUT2D eigenvalue weighted by molar-refractivity contribution is 0.117. The summed E-state index contributed by atoms with van der Waals surface area (Å²) in [6, 6.07) is 13.1. The second-order valence-corrected chi connectivity index (χ2v) is 6.26. The Morgan fingerprint density at radius 1 is 1.20 bits per heavy atom. The first-order valence-corrected chi connectivity index (χ1v) is 8.36. The molecule has 0 aromatic heterocycles. The Morgan fingerprint density at radius 3 is 2.50 bits per heavy atom. The van der Waals surface area contributed by atoms with Crippen LogP contribution in [0.15, 0.2) is 35.2 Å². The van der Waals surface area contributed by atoms with Crippen molar-refractivity contribution >= 4 is 11.8 Å². The molecule has 0 bridgehead atoms. The molecule has 20 heavy (non-hydrogen) atoms. The van der Waals surface area contributed by atoms with Gasteiger partial charge in [0.1, 0.15) is 0 Å². The van der Waals surface area contributed by atoms with Crippen LogP contribution >= 0.6 is 11.8 Å². The fourth-order valence-corrected chi connectivity index (χ4v) is 3.47. The Hall–Kier alpha value is -1.02. The Labute approximate surface area is 126 Å². The van der Waals surface area contributed by atoms with Gasteiger partial charge in [0, 0.05) is 43.4 Å². The van der Waals surface area contributed by atoms with E-state index >= 15 is 0 Å². The quantitative estimate of drug-likeness (QED) is 0.753. The van der Waals surface area contributed by atoms with Gasteiger partial charge in [-0.15, -0.1) is 11.8 Å². The van der Waals surface area contributed by atoms with Gasteiger partial charge in [-0.25, -0.2) is 0 Å². The van der Waals surface area contributed by atoms with Crippen LogP contribution in [0.2, 0.25) is 0 Å². The van der Waals surface area contributed by atoms with E-state index in [1.807, 2.05) is 11.8 Å². The largest absolute Gasteiger partial charge is 0.300 e. The maximum Gasteiger partial charge on any atom is 0.0976 e. The normalized spacial score (nSPS) is 18.6. The van der Waals surface area contributed by atoms with E-state index in [-0.39, 0.29) is 6.04 Å². The zero-order valence-electron chi connectivity index (χ0n) is 12.2. The number of thioether (sulfide) groups is 1. The highest BCUT2D eigenvalue weighted by Crippen LogP contribution is 2.17. The van der Waals surface area contributed by atoms with E-state index in [1.165, 1.54) is 4.90 Å². The molecule has 1 atom stereocenters. The Morgan fingerprint density at radius 2 is 1.90 bits per heavy atom. The SMILES string of the molecule is CCC(C#N)N1CCN(CCSc2ccccc2)CC1. The first kappa shape index (κ1) is 15.4. The molecular weight excluding hydrogens is 266 g/mol. The zero-order valence-corrected chi connectivity index (χ0v) is 13.0. The topological polar surface area (TPSA) is 30.3 Å². The monoisotopic (exact) mass is 289 g/mol. The van der Waals surface area contributed by atoms with Crippen LogP contribution in [0.4, 0.5) is 0 Å². The highest BCUT2D eigenvalue weighted by Gasteiger charge is 2.21. The predicted molar refractivity (Wildman–Crippen MR) is 84.9 cm³/mol. The van der Waals surface area contributed by atoms with Crippen LogP contribution in [0, 0.1) is 11.3 Å². The van der Waals surface area contributed by atoms with E-state index < -0.39 is 0 Å². The summed E-state index contributed by atoms with van der Waals surface area (Å²) >= 11 is 1.92. The summed E-state index contributed by atoms with van der Waals surface area (Å²) < 4.78 is 0. The van der Waals surface area contributed by atoms with Crippen LogP contribution in [0.1, 0.15) is 13.3 Å². The van der Waals surface area contributed by atoms with Gasteiger partial charge in [-0.05, 0) is 18.6 Å². The van der Waals surface area contributed by atoms with Gasteiger partial charge in [-0.3, -0.25) is 9.80 Å². The molecule has 1 aliphatic rings. The molecule has 0 amide bonds. The van der Waals surface area contributed by atoms with E-state index in [9.17, 15) is 0 Å². The molecule has 108 valence electrons. The summed E-state index contributed by atoms with van der Waals surface area (Å²) in [5.41, 5.74) is 0. The minimum atomic E-state index is 0.107. The minimum absolute atomic E-state index is 0.107. The number of rotatable bonds is 6. The van der Waals surface area contributed by atoms with Crippen molar-refractivity contribution in [3.63, 3.8) is 0 Å². The summed E-state index contributed by atoms with van der Waals surface area (Å²) in [6.45, 7) is 7.47. The van der Waals surface area contributed by atoms with Crippen LogP contribution in [0.25, 0.3) is 0 Å². The molecule has 1 saturated heterocycles. The number of hydrogen-bond donors (Lipinski definition) is 0. The van der Waals surface area contributed by atoms with Crippen molar-refractivity contribution in [2.75, 3.05) is 38.5 Å². The number of nitrogens with zero attached hydrogens (tertiary/aromatic N) is 3. The van der Waals surface area contributed by atoms with Crippen molar-refractivity contribution in [3.8, 4) is 6.07 Å². The molecule has 1 unspecified atom stereocenters. The minimum Gasteiger partial charge on any atom is -0.300 e. The van der Waals surface area contributed by atoms with Gasteiger partial charge < -0.3 is 0 Å². The van der Waals surface area contributed by atoms with Crippen LogP contribution in [0.3, 0.4) is 0 Å². The zero-order chi connectivity index (χ0) is 14.2. The fourth-order valence-electron chi connectivity index (χ4n) is 2.54. The van der Waals surface area contributed by atoms with Crippen molar-refractivity contribution in [1.82, 2.24) is 9.80 Å². The first-order chi connectivity index (χ1) is 9.83. The molecule has 1 aromatic rings. The van der Waals surface area contributed by atoms with Gasteiger partial charge in [0.25, 0.3) is 0 Å². The Bertz CT molecular complexity index is 421. The van der Waals surface area contributed by atoms with Crippen LogP contribution in [-0.2, 0) is 0 Å². The van der Waals surface area contributed by atoms with E-state index in [0.717, 1.165) is 44.9 Å². The molecule has 4 heteroatoms. The lowest BCUT2D eigenvalue weighted by Gasteiger charge is -2.36. The second-order valence-electron chi connectivity index (χ2n) is 5.09. The molecule has 0 saturated carbocycles. The fraction of sp³-hybridized carbons (Fsp3) is 0.562. The van der Waals surface area contributed by atoms with Crippen molar-refractivity contribution in [1.29, 1.82) is 5.26 Å². The molecule has 3 nitrogen and oxygen atoms in total. The molecule has 1 aliphatic heterocycles. The lowest BCUT2D eigenvalue weighted by Crippen LogP contribution is -2.50. The maximum absolute atomic E-state index is 9.10. The van der Waals surface area contributed by atoms with Gasteiger partial charge in [0.05, 0.1) is 12.1 Å². The van der Waals surface area contributed by atoms with Crippen LogP contribution in [0.5, 0.6) is 0 Å². The van der Waals surface area contributed by atoms with Crippen LogP contribution in [-0.4, -0.2) is 54.3 Å². The third-order valence-electron chi connectivity index (χ3n) is 3.80. The molecule has 0 radical (unpaired) electrons. The van der Waals surface area contributed by atoms with Gasteiger partial charge >= 0.3 is 0 Å². The van der Waals surface area contributed by atoms with Gasteiger partial charge in [0.15, 0.2) is 0 Å². The van der Waals surface area contributed by atoms with E-state index in [4.69, 9.17) is 5.26 Å². The van der Waals surface area contributed by atoms with Crippen molar-refractivity contribution in [3.05, 3.63) is 30.3 Å². The molecule has 0 spiro atoms. The van der Waals surface area contributed by atoms with Gasteiger partial charge in [-0.1, -0.05) is 25.1 Å². The summed E-state index contributed by atoms with van der Waals surface area (Å²) in [4.78, 5) is 6.18. The molecular formula is C16H23N3S. The summed E-state index contributed by atoms with van der Waals surface area (Å²) in [5.74, 6) is 1.14. The molecule has 2 rings (SSSR count). The summed E-state index contributed by atoms with van der Waals surface area (Å²) in [5, 5.41) is 9.10. The third kappa shape index (κ3) is 4.52. The standard InChI is InChI=1S/C16H23N3S/c1-2-15(14-17)19-10-8-18(9-11-19)12-13-20-16-6-4-3-5-7-16/h3-7,15H,2,8-13H2,1H3. The molecule has 1 fully saturated rings. The molecule has 1 aromatic carbocycles. The number of hydrogen-bond acceptors (Lipinski definition) is 4. The number of piperazine rings is 1. The predicted octanol–water partition coefficient (Wildman–Crippen LogP) is 2.70. The molecule has 1 heterocycles. The number of nitriles is 1. The van der Waals surface area contributed by atoms with Crippen molar-refractivity contribution < 1.29 is 0 Å². The highest BCUT2D eigenvalue weighted by atomic mass is 32.2. The smallest absolute Gasteiger partial charge is 0.0976 e. The molecule has 0 aliphatic carbocycles. The van der Waals surface area contributed by atoms with E-state index in [2.05, 4.69) is 53.1 Å². The third-order valence-corrected chi connectivity index (χ3v) is 4.80. The van der Waals surface area contributed by atoms with Crippen LogP contribution < -0.4 is 0 Å². The first-order valence-electron chi connectivity index (χ1n) is 7.37.